The lowest BCUT2D eigenvalue weighted by molar-refractivity contribution is -0.0348. The summed E-state index contributed by atoms with van der Waals surface area (Å²) in [6, 6.07) is 0. The van der Waals surface area contributed by atoms with Gasteiger partial charge in [-0.1, -0.05) is 25.5 Å². The van der Waals surface area contributed by atoms with Crippen molar-refractivity contribution in [3.63, 3.8) is 0 Å². The molecule has 2 heteroatoms. The Labute approximate surface area is 105 Å². The first-order chi connectivity index (χ1) is 7.95. The predicted molar refractivity (Wildman–Crippen MR) is 69.6 cm³/mol. The fourth-order valence-electron chi connectivity index (χ4n) is 3.60. The molecule has 5 atom stereocenters. The van der Waals surface area contributed by atoms with Crippen LogP contribution < -0.4 is 0 Å². The maximum absolute atomic E-state index is 10.3. The minimum atomic E-state index is -0.954. The van der Waals surface area contributed by atoms with Gasteiger partial charge in [-0.3, -0.25) is 0 Å². The Bertz CT molecular complexity index is 306. The standard InChI is InChI=1S/C15H26O2/c1-10-4-6-12(15(3,17)9-16)8-14-11(2)5-7-13(10)14/h8,10-13,16-17H,4-7,9H2,1-3H3/t10-,11-,12-,13-,15?/m1/s1. The minimum absolute atomic E-state index is 0.121. The molecular formula is C15H26O2. The molecule has 0 aromatic heterocycles. The molecule has 2 aliphatic rings. The molecule has 2 aliphatic carbocycles. The molecule has 0 bridgehead atoms. The predicted octanol–water partition coefficient (Wildman–Crippen LogP) is 2.75. The fourth-order valence-corrected chi connectivity index (χ4v) is 3.60. The van der Waals surface area contributed by atoms with Crippen molar-refractivity contribution in [2.75, 3.05) is 6.61 Å². The van der Waals surface area contributed by atoms with Gasteiger partial charge in [0.1, 0.15) is 0 Å². The first-order valence-electron chi connectivity index (χ1n) is 7.00. The van der Waals surface area contributed by atoms with Gasteiger partial charge < -0.3 is 10.2 Å². The summed E-state index contributed by atoms with van der Waals surface area (Å²) in [4.78, 5) is 0. The minimum Gasteiger partial charge on any atom is -0.393 e. The Morgan fingerprint density at radius 2 is 1.94 bits per heavy atom. The Balaban J connectivity index is 2.27. The van der Waals surface area contributed by atoms with Crippen LogP contribution in [-0.4, -0.2) is 22.4 Å². The van der Waals surface area contributed by atoms with Gasteiger partial charge in [0.25, 0.3) is 0 Å². The Kier molecular flexibility index (Phi) is 3.65. The number of allylic oxidation sites excluding steroid dienone is 1. The van der Waals surface area contributed by atoms with E-state index in [0.29, 0.717) is 5.92 Å². The quantitative estimate of drug-likeness (QED) is 0.726. The van der Waals surface area contributed by atoms with Crippen LogP contribution in [0.1, 0.15) is 46.5 Å². The molecule has 1 fully saturated rings. The van der Waals surface area contributed by atoms with Gasteiger partial charge >= 0.3 is 0 Å². The van der Waals surface area contributed by atoms with Crippen LogP contribution in [0.25, 0.3) is 0 Å². The highest BCUT2D eigenvalue weighted by molar-refractivity contribution is 5.20. The SMILES string of the molecule is C[C@@H]1CC[C@H]2C1=C[C@H](C(C)(O)CO)CC[C@H]2C. The molecule has 0 spiro atoms. The summed E-state index contributed by atoms with van der Waals surface area (Å²) in [5.41, 5.74) is 0.595. The topological polar surface area (TPSA) is 40.5 Å². The highest BCUT2D eigenvalue weighted by Gasteiger charge is 2.38. The van der Waals surface area contributed by atoms with E-state index < -0.39 is 5.60 Å². The fraction of sp³-hybridized carbons (Fsp3) is 0.867. The van der Waals surface area contributed by atoms with Gasteiger partial charge in [-0.25, -0.2) is 0 Å². The zero-order valence-electron chi connectivity index (χ0n) is 11.3. The van der Waals surface area contributed by atoms with E-state index in [9.17, 15) is 10.2 Å². The Morgan fingerprint density at radius 1 is 1.24 bits per heavy atom. The second kappa shape index (κ2) is 4.74. The van der Waals surface area contributed by atoms with Crippen molar-refractivity contribution in [1.29, 1.82) is 0 Å². The van der Waals surface area contributed by atoms with Crippen LogP contribution in [0.2, 0.25) is 0 Å². The molecular weight excluding hydrogens is 212 g/mol. The van der Waals surface area contributed by atoms with Gasteiger partial charge in [-0.15, -0.1) is 0 Å². The average Bonchev–Trinajstić information content (AvgIpc) is 2.55. The van der Waals surface area contributed by atoms with Gasteiger partial charge in [0.2, 0.25) is 0 Å². The van der Waals surface area contributed by atoms with Crippen molar-refractivity contribution in [3.8, 4) is 0 Å². The van der Waals surface area contributed by atoms with Crippen LogP contribution in [0.15, 0.2) is 11.6 Å². The van der Waals surface area contributed by atoms with Gasteiger partial charge in [0, 0.05) is 5.92 Å². The molecule has 17 heavy (non-hydrogen) atoms. The van der Waals surface area contributed by atoms with E-state index in [2.05, 4.69) is 19.9 Å². The van der Waals surface area contributed by atoms with Crippen molar-refractivity contribution < 1.29 is 10.2 Å². The molecule has 0 aromatic rings. The average molecular weight is 238 g/mol. The van der Waals surface area contributed by atoms with E-state index in [-0.39, 0.29) is 12.5 Å². The van der Waals surface area contributed by atoms with Gasteiger partial charge in [-0.2, -0.15) is 0 Å². The van der Waals surface area contributed by atoms with Crippen LogP contribution >= 0.6 is 0 Å². The summed E-state index contributed by atoms with van der Waals surface area (Å²) in [6.07, 6.45) is 7.05. The zero-order chi connectivity index (χ0) is 12.6. The molecule has 0 saturated heterocycles. The molecule has 98 valence electrons. The summed E-state index contributed by atoms with van der Waals surface area (Å²) < 4.78 is 0. The molecule has 0 aromatic carbocycles. The van der Waals surface area contributed by atoms with Crippen molar-refractivity contribution in [2.24, 2.45) is 23.7 Å². The molecule has 0 aliphatic heterocycles. The van der Waals surface area contributed by atoms with Gasteiger partial charge in [-0.05, 0) is 50.4 Å². The second-order valence-corrected chi connectivity index (χ2v) is 6.43. The third kappa shape index (κ3) is 2.43. The van der Waals surface area contributed by atoms with Crippen LogP contribution in [0.3, 0.4) is 0 Å². The normalized spacial score (nSPS) is 41.4. The van der Waals surface area contributed by atoms with Crippen LogP contribution in [-0.2, 0) is 0 Å². The van der Waals surface area contributed by atoms with Gasteiger partial charge in [0.05, 0.1) is 12.2 Å². The molecule has 2 N–H and O–H groups in total. The number of hydrogen-bond acceptors (Lipinski definition) is 2. The number of hydrogen-bond donors (Lipinski definition) is 2. The third-order valence-electron chi connectivity index (χ3n) is 5.04. The monoisotopic (exact) mass is 238 g/mol. The lowest BCUT2D eigenvalue weighted by Gasteiger charge is -2.29. The molecule has 2 nitrogen and oxygen atoms in total. The molecule has 0 amide bonds. The highest BCUT2D eigenvalue weighted by atomic mass is 16.3. The Hall–Kier alpha value is -0.340. The summed E-state index contributed by atoms with van der Waals surface area (Å²) in [5, 5.41) is 19.6. The lowest BCUT2D eigenvalue weighted by atomic mass is 9.84. The third-order valence-corrected chi connectivity index (χ3v) is 5.04. The van der Waals surface area contributed by atoms with Crippen LogP contribution in [0.4, 0.5) is 0 Å². The van der Waals surface area contributed by atoms with Gasteiger partial charge in [0.15, 0.2) is 0 Å². The van der Waals surface area contributed by atoms with E-state index in [1.807, 2.05) is 0 Å². The zero-order valence-corrected chi connectivity index (χ0v) is 11.3. The second-order valence-electron chi connectivity index (χ2n) is 6.43. The molecule has 1 unspecified atom stereocenters. The largest absolute Gasteiger partial charge is 0.393 e. The summed E-state index contributed by atoms with van der Waals surface area (Å²) >= 11 is 0. The molecule has 1 saturated carbocycles. The smallest absolute Gasteiger partial charge is 0.0911 e. The van der Waals surface area contributed by atoms with Crippen LogP contribution in [0.5, 0.6) is 0 Å². The van der Waals surface area contributed by atoms with E-state index in [0.717, 1.165) is 24.7 Å². The summed E-state index contributed by atoms with van der Waals surface area (Å²) in [5.74, 6) is 2.24. The first-order valence-corrected chi connectivity index (χ1v) is 7.00. The highest BCUT2D eigenvalue weighted by Crippen LogP contribution is 2.46. The van der Waals surface area contributed by atoms with Crippen LogP contribution in [0, 0.1) is 23.7 Å². The number of aliphatic hydroxyl groups is 2. The lowest BCUT2D eigenvalue weighted by Crippen LogP contribution is -2.37. The summed E-state index contributed by atoms with van der Waals surface area (Å²) in [7, 11) is 0. The number of aliphatic hydroxyl groups excluding tert-OH is 1. The van der Waals surface area contributed by atoms with Crippen molar-refractivity contribution >= 4 is 0 Å². The van der Waals surface area contributed by atoms with E-state index in [1.165, 1.54) is 12.8 Å². The Morgan fingerprint density at radius 3 is 2.59 bits per heavy atom. The molecule has 0 radical (unpaired) electrons. The van der Waals surface area contributed by atoms with E-state index in [4.69, 9.17) is 0 Å². The molecule has 2 rings (SSSR count). The van der Waals surface area contributed by atoms with Crippen molar-refractivity contribution in [2.45, 2.75) is 52.1 Å². The van der Waals surface area contributed by atoms with E-state index in [1.54, 1.807) is 12.5 Å². The maximum Gasteiger partial charge on any atom is 0.0911 e. The van der Waals surface area contributed by atoms with Crippen molar-refractivity contribution in [1.82, 2.24) is 0 Å². The first kappa shape index (κ1) is 13.1. The van der Waals surface area contributed by atoms with E-state index >= 15 is 0 Å². The summed E-state index contributed by atoms with van der Waals surface area (Å²) in [6.45, 7) is 6.26. The maximum atomic E-state index is 10.3. The molecule has 0 heterocycles. The number of fused-ring (bicyclic) bond motifs is 1. The number of rotatable bonds is 2. The van der Waals surface area contributed by atoms with Crippen molar-refractivity contribution in [3.05, 3.63) is 11.6 Å².